The number of rotatable bonds is 6. The van der Waals surface area contributed by atoms with Crippen LogP contribution in [0.5, 0.6) is 5.75 Å². The Morgan fingerprint density at radius 2 is 1.89 bits per heavy atom. The lowest BCUT2D eigenvalue weighted by Gasteiger charge is -2.10. The molecule has 0 aliphatic heterocycles. The standard InChI is InChI=1S/C20H19Br2N3O2/c1-3-5-19-24-17-8-6-15(22)11-16(17)20(26)25(19)23-12-13-10-14(21)7-9-18(13)27-4-2/h6-12H,3-5H2,1-2H3. The van der Waals surface area contributed by atoms with Gasteiger partial charge in [-0.1, -0.05) is 38.8 Å². The van der Waals surface area contributed by atoms with Crippen molar-refractivity contribution in [3.05, 3.63) is 67.1 Å². The molecule has 0 aliphatic rings. The molecule has 0 saturated heterocycles. The summed E-state index contributed by atoms with van der Waals surface area (Å²) in [4.78, 5) is 17.7. The van der Waals surface area contributed by atoms with E-state index in [0.29, 0.717) is 35.5 Å². The van der Waals surface area contributed by atoms with Gasteiger partial charge in [-0.15, -0.1) is 0 Å². The maximum atomic E-state index is 13.0. The van der Waals surface area contributed by atoms with E-state index in [4.69, 9.17) is 4.74 Å². The average molecular weight is 493 g/mol. The predicted octanol–water partition coefficient (Wildman–Crippen LogP) is 5.15. The highest BCUT2D eigenvalue weighted by atomic mass is 79.9. The monoisotopic (exact) mass is 491 g/mol. The van der Waals surface area contributed by atoms with Crippen molar-refractivity contribution in [2.24, 2.45) is 5.10 Å². The van der Waals surface area contributed by atoms with Crippen molar-refractivity contribution in [2.45, 2.75) is 26.7 Å². The largest absolute Gasteiger partial charge is 0.493 e. The van der Waals surface area contributed by atoms with Crippen LogP contribution >= 0.6 is 31.9 Å². The van der Waals surface area contributed by atoms with E-state index in [2.05, 4.69) is 41.9 Å². The summed E-state index contributed by atoms with van der Waals surface area (Å²) in [5.41, 5.74) is 1.28. The van der Waals surface area contributed by atoms with Gasteiger partial charge in [0.25, 0.3) is 5.56 Å². The lowest BCUT2D eigenvalue weighted by atomic mass is 10.2. The fourth-order valence-electron chi connectivity index (χ4n) is 2.73. The van der Waals surface area contributed by atoms with Crippen LogP contribution in [0.15, 0.2) is 55.2 Å². The van der Waals surface area contributed by atoms with E-state index in [1.807, 2.05) is 44.2 Å². The normalized spacial score (nSPS) is 11.4. The number of aromatic nitrogens is 2. The maximum absolute atomic E-state index is 13.0. The molecule has 2 aromatic carbocycles. The van der Waals surface area contributed by atoms with Gasteiger partial charge >= 0.3 is 0 Å². The quantitative estimate of drug-likeness (QED) is 0.447. The second-order valence-electron chi connectivity index (χ2n) is 5.92. The zero-order valence-electron chi connectivity index (χ0n) is 15.1. The molecule has 0 aliphatic carbocycles. The van der Waals surface area contributed by atoms with Gasteiger partial charge in [-0.05, 0) is 49.7 Å². The minimum absolute atomic E-state index is 0.186. The minimum atomic E-state index is -0.186. The van der Waals surface area contributed by atoms with Gasteiger partial charge < -0.3 is 4.74 Å². The number of aryl methyl sites for hydroxylation is 1. The Labute approximate surface area is 174 Å². The van der Waals surface area contributed by atoms with Crippen molar-refractivity contribution in [3.8, 4) is 5.75 Å². The summed E-state index contributed by atoms with van der Waals surface area (Å²) >= 11 is 6.88. The van der Waals surface area contributed by atoms with Crippen molar-refractivity contribution in [3.63, 3.8) is 0 Å². The Kier molecular flexibility index (Phi) is 6.44. The van der Waals surface area contributed by atoms with Crippen molar-refractivity contribution in [1.82, 2.24) is 9.66 Å². The van der Waals surface area contributed by atoms with E-state index in [0.717, 1.165) is 20.9 Å². The molecule has 0 bridgehead atoms. The van der Waals surface area contributed by atoms with Crippen molar-refractivity contribution >= 4 is 49.0 Å². The Morgan fingerprint density at radius 3 is 2.63 bits per heavy atom. The number of halogens is 2. The third-order valence-electron chi connectivity index (χ3n) is 3.93. The SMILES string of the molecule is CCCc1nc2ccc(Br)cc2c(=O)n1N=Cc1cc(Br)ccc1OCC. The molecule has 1 aromatic heterocycles. The second-order valence-corrected chi connectivity index (χ2v) is 7.75. The highest BCUT2D eigenvalue weighted by molar-refractivity contribution is 9.10. The molecule has 0 fully saturated rings. The highest BCUT2D eigenvalue weighted by Crippen LogP contribution is 2.22. The third-order valence-corrected chi connectivity index (χ3v) is 4.92. The number of fused-ring (bicyclic) bond motifs is 1. The summed E-state index contributed by atoms with van der Waals surface area (Å²) in [5.74, 6) is 1.35. The van der Waals surface area contributed by atoms with Gasteiger partial charge in [0, 0.05) is 20.9 Å². The van der Waals surface area contributed by atoms with Crippen LogP contribution in [-0.2, 0) is 6.42 Å². The molecule has 0 unspecified atom stereocenters. The molecule has 5 nitrogen and oxygen atoms in total. The third kappa shape index (κ3) is 4.47. The van der Waals surface area contributed by atoms with Crippen LogP contribution in [0.3, 0.4) is 0 Å². The van der Waals surface area contributed by atoms with Crippen molar-refractivity contribution in [1.29, 1.82) is 0 Å². The lowest BCUT2D eigenvalue weighted by molar-refractivity contribution is 0.339. The summed E-state index contributed by atoms with van der Waals surface area (Å²) in [5, 5.41) is 4.99. The first-order valence-electron chi connectivity index (χ1n) is 8.71. The molecular formula is C20H19Br2N3O2. The van der Waals surface area contributed by atoms with Gasteiger partial charge in [-0.3, -0.25) is 4.79 Å². The maximum Gasteiger partial charge on any atom is 0.282 e. The number of nitrogens with zero attached hydrogens (tertiary/aromatic N) is 3. The van der Waals surface area contributed by atoms with Crippen LogP contribution in [0.2, 0.25) is 0 Å². The zero-order valence-corrected chi connectivity index (χ0v) is 18.2. The van der Waals surface area contributed by atoms with Crippen LogP contribution in [0, 0.1) is 0 Å². The van der Waals surface area contributed by atoms with E-state index >= 15 is 0 Å². The topological polar surface area (TPSA) is 56.5 Å². The second kappa shape index (κ2) is 8.80. The fourth-order valence-corrected chi connectivity index (χ4v) is 3.47. The lowest BCUT2D eigenvalue weighted by Crippen LogP contribution is -2.22. The molecule has 3 rings (SSSR count). The summed E-state index contributed by atoms with van der Waals surface area (Å²) in [6.45, 7) is 4.53. The van der Waals surface area contributed by atoms with Crippen LogP contribution in [-0.4, -0.2) is 22.5 Å². The molecule has 140 valence electrons. The molecular weight excluding hydrogens is 474 g/mol. The number of hydrogen-bond acceptors (Lipinski definition) is 4. The average Bonchev–Trinajstić information content (AvgIpc) is 2.64. The Hall–Kier alpha value is -1.99. The van der Waals surface area contributed by atoms with E-state index < -0.39 is 0 Å². The van der Waals surface area contributed by atoms with Crippen molar-refractivity contribution < 1.29 is 4.74 Å². The van der Waals surface area contributed by atoms with Gasteiger partial charge in [0.05, 0.1) is 23.7 Å². The van der Waals surface area contributed by atoms with Crippen LogP contribution in [0.1, 0.15) is 31.7 Å². The summed E-state index contributed by atoms with van der Waals surface area (Å²) in [6, 6.07) is 11.2. The van der Waals surface area contributed by atoms with E-state index in [9.17, 15) is 4.79 Å². The van der Waals surface area contributed by atoms with E-state index in [1.54, 1.807) is 12.3 Å². The number of hydrogen-bond donors (Lipinski definition) is 0. The predicted molar refractivity (Wildman–Crippen MR) is 116 cm³/mol. The molecule has 0 atom stereocenters. The molecule has 3 aromatic rings. The smallest absolute Gasteiger partial charge is 0.282 e. The van der Waals surface area contributed by atoms with Crippen LogP contribution in [0.25, 0.3) is 10.9 Å². The van der Waals surface area contributed by atoms with Crippen LogP contribution < -0.4 is 10.3 Å². The van der Waals surface area contributed by atoms with Gasteiger partial charge in [0.15, 0.2) is 0 Å². The first kappa shape index (κ1) is 19.8. The first-order valence-corrected chi connectivity index (χ1v) is 10.3. The highest BCUT2D eigenvalue weighted by Gasteiger charge is 2.11. The van der Waals surface area contributed by atoms with Gasteiger partial charge in [0.1, 0.15) is 11.6 Å². The molecule has 0 N–H and O–H groups in total. The van der Waals surface area contributed by atoms with E-state index in [-0.39, 0.29) is 5.56 Å². The van der Waals surface area contributed by atoms with Crippen LogP contribution in [0.4, 0.5) is 0 Å². The number of ether oxygens (including phenoxy) is 1. The van der Waals surface area contributed by atoms with E-state index in [1.165, 1.54) is 4.68 Å². The van der Waals surface area contributed by atoms with Gasteiger partial charge in [0.2, 0.25) is 0 Å². The minimum Gasteiger partial charge on any atom is -0.493 e. The van der Waals surface area contributed by atoms with Gasteiger partial charge in [-0.25, -0.2) is 4.98 Å². The first-order chi connectivity index (χ1) is 13.0. The zero-order chi connectivity index (χ0) is 19.4. The molecule has 0 amide bonds. The summed E-state index contributed by atoms with van der Waals surface area (Å²) in [6.07, 6.45) is 3.17. The summed E-state index contributed by atoms with van der Waals surface area (Å²) < 4.78 is 8.78. The fraction of sp³-hybridized carbons (Fsp3) is 0.250. The molecule has 0 saturated carbocycles. The molecule has 27 heavy (non-hydrogen) atoms. The number of benzene rings is 2. The Balaban J connectivity index is 2.15. The molecule has 0 spiro atoms. The molecule has 0 radical (unpaired) electrons. The molecule has 1 heterocycles. The summed E-state index contributed by atoms with van der Waals surface area (Å²) in [7, 11) is 0. The van der Waals surface area contributed by atoms with Gasteiger partial charge in [-0.2, -0.15) is 9.78 Å². The Bertz CT molecular complexity index is 1060. The van der Waals surface area contributed by atoms with Crippen molar-refractivity contribution in [2.75, 3.05) is 6.61 Å². The Morgan fingerprint density at radius 1 is 1.15 bits per heavy atom. The molecule has 7 heteroatoms.